The van der Waals surface area contributed by atoms with E-state index in [0.29, 0.717) is 25.7 Å². The van der Waals surface area contributed by atoms with Gasteiger partial charge >= 0.3 is 11.9 Å². The van der Waals surface area contributed by atoms with E-state index < -0.39 is 206 Å². The molecule has 4 aliphatic rings. The van der Waals surface area contributed by atoms with Crippen LogP contribution in [0.15, 0.2) is 9.98 Å². The highest BCUT2D eigenvalue weighted by Gasteiger charge is 2.45. The highest BCUT2D eigenvalue weighted by Crippen LogP contribution is 2.27. The average Bonchev–Trinajstić information content (AvgIpc) is 1.64. The number of aliphatic imine (C=N–C) groups is 2. The second kappa shape index (κ2) is 43.7. The van der Waals surface area contributed by atoms with Gasteiger partial charge in [-0.2, -0.15) is 0 Å². The average molecular weight is 1500 g/mol. The summed E-state index contributed by atoms with van der Waals surface area (Å²) in [5, 5.41) is 43.6. The molecule has 24 N–H and O–H groups in total. The summed E-state index contributed by atoms with van der Waals surface area (Å²) < 4.78 is 0. The number of carboxylic acid groups (broad SMARTS) is 2. The molecule has 4 saturated heterocycles. The first-order chi connectivity index (χ1) is 50.0. The molecule has 4 rings (SSSR count). The van der Waals surface area contributed by atoms with Crippen molar-refractivity contribution < 1.29 is 91.7 Å². The van der Waals surface area contributed by atoms with Crippen LogP contribution in [0, 0.1) is 11.8 Å². The van der Waals surface area contributed by atoms with Gasteiger partial charge in [-0.05, 0) is 121 Å². The van der Waals surface area contributed by atoms with Crippen LogP contribution in [0.1, 0.15) is 150 Å². The lowest BCUT2D eigenvalue weighted by atomic mass is 10.0. The molecule has 106 heavy (non-hydrogen) atoms. The number of hydrogen-bond acceptors (Lipinski definition) is 20. The number of carboxylic acids is 2. The van der Waals surface area contributed by atoms with E-state index in [1.165, 1.54) is 26.5 Å². The molecule has 0 spiro atoms. The Morgan fingerprint density at radius 2 is 0.811 bits per heavy atom. The first-order valence-corrected chi connectivity index (χ1v) is 35.7. The summed E-state index contributed by atoms with van der Waals surface area (Å²) in [6.45, 7) is 6.48. The van der Waals surface area contributed by atoms with Crippen LogP contribution in [-0.2, 0) is 81.5 Å². The molecule has 0 unspecified atom stereocenters. The van der Waals surface area contributed by atoms with Crippen LogP contribution >= 0.6 is 0 Å². The number of carbonyl (C=O) groups is 17. The molecule has 0 radical (unpaired) electrons. The van der Waals surface area contributed by atoms with Crippen LogP contribution in [0.5, 0.6) is 0 Å². The highest BCUT2D eigenvalue weighted by atomic mass is 16.4. The zero-order valence-corrected chi connectivity index (χ0v) is 60.8. The summed E-state index contributed by atoms with van der Waals surface area (Å²) >= 11 is 0. The summed E-state index contributed by atoms with van der Waals surface area (Å²) in [6, 6.07) is -13.3. The molecule has 41 heteroatoms. The maximum absolute atomic E-state index is 14.6. The Bertz CT molecular complexity index is 3240. The van der Waals surface area contributed by atoms with Crippen LogP contribution < -0.4 is 87.6 Å². The molecule has 0 saturated carbocycles. The predicted molar refractivity (Wildman–Crippen MR) is 378 cm³/mol. The maximum Gasteiger partial charge on any atom is 0.303 e. The van der Waals surface area contributed by atoms with Crippen LogP contribution in [-0.4, -0.2) is 274 Å². The number of nitrogens with zero attached hydrogens (tertiary/aromatic N) is 6. The maximum atomic E-state index is 14.6. The van der Waals surface area contributed by atoms with Gasteiger partial charge in [-0.25, -0.2) is 0 Å². The minimum absolute atomic E-state index is 0.0167. The molecule has 4 heterocycles. The minimum atomic E-state index is -1.58. The van der Waals surface area contributed by atoms with Gasteiger partial charge in [-0.1, -0.05) is 27.7 Å². The molecular weight excluding hydrogens is 1390 g/mol. The molecular formula is C65H108N22O19. The van der Waals surface area contributed by atoms with E-state index in [1.807, 2.05) is 0 Å². The van der Waals surface area contributed by atoms with Crippen LogP contribution in [0.2, 0.25) is 0 Å². The number of aliphatic carboxylic acids is 2. The molecule has 11 atom stereocenters. The van der Waals surface area contributed by atoms with Gasteiger partial charge in [0.05, 0.1) is 32.2 Å². The quantitative estimate of drug-likeness (QED) is 0.0153. The summed E-state index contributed by atoms with van der Waals surface area (Å²) in [4.78, 5) is 239. The fourth-order valence-electron chi connectivity index (χ4n) is 12.6. The molecule has 0 aromatic rings. The number of carbonyl (C=O) groups excluding carboxylic acids is 15. The van der Waals surface area contributed by atoms with Crippen molar-refractivity contribution >= 4 is 112 Å². The molecule has 4 fully saturated rings. The van der Waals surface area contributed by atoms with Crippen LogP contribution in [0.4, 0.5) is 0 Å². The lowest BCUT2D eigenvalue weighted by Crippen LogP contribution is -2.59. The second-order valence-corrected chi connectivity index (χ2v) is 27.4. The smallest absolute Gasteiger partial charge is 0.303 e. The fourth-order valence-corrected chi connectivity index (χ4v) is 12.6. The molecule has 4 aliphatic heterocycles. The molecule has 0 aromatic heterocycles. The van der Waals surface area contributed by atoms with Gasteiger partial charge < -0.3 is 117 Å². The van der Waals surface area contributed by atoms with Gasteiger partial charge in [0.25, 0.3) is 0 Å². The Hall–Kier alpha value is -10.5. The molecule has 0 bridgehead atoms. The Kier molecular flexibility index (Phi) is 36.2. The monoisotopic (exact) mass is 1500 g/mol. The normalized spacial score (nSPS) is 18.8. The minimum Gasteiger partial charge on any atom is -0.481 e. The van der Waals surface area contributed by atoms with Crippen molar-refractivity contribution in [1.29, 1.82) is 0 Å². The van der Waals surface area contributed by atoms with E-state index in [2.05, 4.69) is 63.2 Å². The third kappa shape index (κ3) is 29.2. The molecule has 15 amide bonds. The van der Waals surface area contributed by atoms with E-state index in [0.717, 1.165) is 0 Å². The Labute approximate surface area is 613 Å². The number of hydrogen-bond donors (Lipinski definition) is 18. The highest BCUT2D eigenvalue weighted by molar-refractivity contribution is 6.00. The Balaban J connectivity index is 1.38. The summed E-state index contributed by atoms with van der Waals surface area (Å²) in [5.74, 6) is -14.6. The first-order valence-electron chi connectivity index (χ1n) is 35.7. The second-order valence-electron chi connectivity index (χ2n) is 27.4. The van der Waals surface area contributed by atoms with Crippen molar-refractivity contribution in [2.24, 2.45) is 56.2 Å². The number of rotatable bonds is 43. The molecule has 0 aliphatic carbocycles. The third-order valence-corrected chi connectivity index (χ3v) is 18.0. The first kappa shape index (κ1) is 87.9. The third-order valence-electron chi connectivity index (χ3n) is 18.0. The fraction of sp³-hybridized carbons (Fsp3) is 0.708. The Morgan fingerprint density at radius 3 is 1.32 bits per heavy atom. The van der Waals surface area contributed by atoms with E-state index in [4.69, 9.17) is 39.5 Å². The lowest BCUT2D eigenvalue weighted by molar-refractivity contribution is -0.147. The van der Waals surface area contributed by atoms with Crippen molar-refractivity contribution in [3.63, 3.8) is 0 Å². The number of likely N-dealkylation sites (tertiary alicyclic amines) is 4. The summed E-state index contributed by atoms with van der Waals surface area (Å²) in [6.07, 6.45) is 0.859. The van der Waals surface area contributed by atoms with Crippen molar-refractivity contribution in [1.82, 2.24) is 72.8 Å². The number of primary amides is 1. The van der Waals surface area contributed by atoms with Gasteiger partial charge in [0.1, 0.15) is 60.4 Å². The van der Waals surface area contributed by atoms with Gasteiger partial charge in [-0.15, -0.1) is 0 Å². The molecule has 592 valence electrons. The summed E-state index contributed by atoms with van der Waals surface area (Å²) in [7, 11) is 0. The van der Waals surface area contributed by atoms with Crippen molar-refractivity contribution in [3.8, 4) is 0 Å². The number of guanidine groups is 2. The Morgan fingerprint density at radius 1 is 0.415 bits per heavy atom. The van der Waals surface area contributed by atoms with Gasteiger partial charge in [-0.3, -0.25) is 91.5 Å². The number of nitrogens with two attached hydrogens (primary N) is 6. The van der Waals surface area contributed by atoms with E-state index in [-0.39, 0.29) is 140 Å². The van der Waals surface area contributed by atoms with Gasteiger partial charge in [0.2, 0.25) is 88.6 Å². The van der Waals surface area contributed by atoms with E-state index in [1.54, 1.807) is 27.7 Å². The number of nitrogens with one attached hydrogen (secondary N) is 10. The number of amides is 15. The molecule has 0 aromatic carbocycles. The SMILES string of the molecule is CC(C)C[C@H](NC(=O)[C@@H](N)CCC(=O)O)C(=O)NCC(=O)N[C@@H](CCCN=C(N)N)C(=O)NCC(=O)N1CCC[C@H]1C(=O)NCC(=O)N1CCC[C@H]1C(=O)N1CCC[C@H]1C(=O)N[C@@H](CC(C)C)C(=O)N1CCC[C@H]1C(=O)N[C@@H](CCC(=O)O)C(=O)N[C@@H](CCCN=C(N)N)C(=O)NCC(=O)N[C@@H](C)C(N)=O. The summed E-state index contributed by atoms with van der Waals surface area (Å²) in [5.41, 5.74) is 32.8. The molecule has 41 nitrogen and oxygen atoms in total. The topological polar surface area (TPSA) is 645 Å². The lowest BCUT2D eigenvalue weighted by Gasteiger charge is -2.33. The van der Waals surface area contributed by atoms with Gasteiger partial charge in [0, 0.05) is 52.1 Å². The van der Waals surface area contributed by atoms with Crippen LogP contribution in [0.25, 0.3) is 0 Å². The zero-order chi connectivity index (χ0) is 79.1. The van der Waals surface area contributed by atoms with Crippen LogP contribution in [0.3, 0.4) is 0 Å². The predicted octanol–water partition coefficient (Wildman–Crippen LogP) is -7.91. The van der Waals surface area contributed by atoms with Gasteiger partial charge in [0.15, 0.2) is 11.9 Å². The van der Waals surface area contributed by atoms with E-state index in [9.17, 15) is 86.6 Å². The van der Waals surface area contributed by atoms with Crippen molar-refractivity contribution in [2.45, 2.75) is 217 Å². The zero-order valence-electron chi connectivity index (χ0n) is 60.8. The van der Waals surface area contributed by atoms with Crippen molar-refractivity contribution in [3.05, 3.63) is 0 Å². The standard InChI is InChI=1S/C65H108N22O19/c1-34(2)28-41(82-54(97)37(66)18-20-51(92)93)57(100)75-31-48(89)79-38(12-6-22-72-64(68)69)55(98)76-32-49(90)84-24-8-14-43(84)59(102)77-33-50(91)85-25-11-17-46(85)63(106)87-27-10-16-45(87)61(104)83-42(29-35(3)4)62(105)86-26-9-15-44(86)60(103)81-40(19-21-52(94)95)58(101)80-39(13-7-23-73-65(70)71)56(99)74-30-47(88)78-36(5)53(67)96/h34-46H,6-33,66H2,1-5H3,(H2,67,96)(H,74,99)(H,75,100)(H,76,98)(H,77,102)(H,78,88)(H,79,89)(H,80,101)(H,81,103)(H,82,97)(H,83,104)(H,92,93)(H,94,95)(H4,68,69,72)(H4,70,71,73)/t36-,37-,38-,39-,40-,41-,42-,43-,44-,45-,46-/m0/s1. The van der Waals surface area contributed by atoms with Crippen molar-refractivity contribution in [2.75, 3.05) is 65.4 Å². The van der Waals surface area contributed by atoms with E-state index >= 15 is 0 Å². The largest absolute Gasteiger partial charge is 0.481 e.